The van der Waals surface area contributed by atoms with Gasteiger partial charge in [-0.25, -0.2) is 9.97 Å². The fourth-order valence-electron chi connectivity index (χ4n) is 2.75. The normalized spacial score (nSPS) is 12.4. The van der Waals surface area contributed by atoms with Crippen LogP contribution in [-0.4, -0.2) is 30.9 Å². The van der Waals surface area contributed by atoms with Crippen molar-refractivity contribution in [3.63, 3.8) is 0 Å². The third kappa shape index (κ3) is 4.76. The van der Waals surface area contributed by atoms with Gasteiger partial charge in [-0.05, 0) is 31.9 Å². The van der Waals surface area contributed by atoms with Crippen molar-refractivity contribution in [2.24, 2.45) is 0 Å². The lowest BCUT2D eigenvalue weighted by Crippen LogP contribution is -2.24. The summed E-state index contributed by atoms with van der Waals surface area (Å²) in [4.78, 5) is 8.09. The molecule has 0 saturated carbocycles. The number of nitrogens with zero attached hydrogens (tertiary/aromatic N) is 5. The van der Waals surface area contributed by atoms with Gasteiger partial charge in [0.2, 0.25) is 0 Å². The molecule has 0 radical (unpaired) electrons. The summed E-state index contributed by atoms with van der Waals surface area (Å²) in [7, 11) is 0. The molecule has 0 saturated heterocycles. The molecular formula is C18H24N6. The Morgan fingerprint density at radius 1 is 1.08 bits per heavy atom. The van der Waals surface area contributed by atoms with E-state index in [1.807, 2.05) is 23.4 Å². The van der Waals surface area contributed by atoms with Crippen molar-refractivity contribution < 1.29 is 0 Å². The van der Waals surface area contributed by atoms with Crippen LogP contribution in [0.2, 0.25) is 0 Å². The van der Waals surface area contributed by atoms with E-state index in [-0.39, 0.29) is 0 Å². The van der Waals surface area contributed by atoms with E-state index >= 15 is 0 Å². The number of benzene rings is 1. The van der Waals surface area contributed by atoms with Crippen molar-refractivity contribution in [3.05, 3.63) is 66.8 Å². The molecule has 0 amide bonds. The molecule has 3 rings (SSSR count). The summed E-state index contributed by atoms with van der Waals surface area (Å²) >= 11 is 0. The Morgan fingerprint density at radius 2 is 1.96 bits per heavy atom. The molecule has 1 aromatic carbocycles. The number of nitrogens with one attached hydrogen (secondary N) is 1. The van der Waals surface area contributed by atoms with Gasteiger partial charge in [-0.3, -0.25) is 4.68 Å². The minimum absolute atomic E-state index is 0.317. The average molecular weight is 324 g/mol. The summed E-state index contributed by atoms with van der Waals surface area (Å²) in [6.45, 7) is 4.92. The Morgan fingerprint density at radius 3 is 2.67 bits per heavy atom. The molecule has 24 heavy (non-hydrogen) atoms. The van der Waals surface area contributed by atoms with Crippen LogP contribution in [0, 0.1) is 6.92 Å². The maximum atomic E-state index is 4.19. The highest BCUT2D eigenvalue weighted by molar-refractivity contribution is 5.24. The molecule has 0 spiro atoms. The van der Waals surface area contributed by atoms with E-state index in [0.717, 1.165) is 32.5 Å². The Bertz CT molecular complexity index is 688. The third-order valence-corrected chi connectivity index (χ3v) is 4.14. The summed E-state index contributed by atoms with van der Waals surface area (Å²) in [6.07, 6.45) is 11.1. The SMILES string of the molecule is Cc1ccc([C@H](CCn2cncn2)NCCCn2ccnc2)cc1. The molecule has 0 bridgehead atoms. The van der Waals surface area contributed by atoms with Crippen LogP contribution in [0.4, 0.5) is 0 Å². The van der Waals surface area contributed by atoms with Gasteiger partial charge in [-0.15, -0.1) is 0 Å². The third-order valence-electron chi connectivity index (χ3n) is 4.14. The molecule has 0 aliphatic carbocycles. The number of rotatable bonds is 9. The number of imidazole rings is 1. The van der Waals surface area contributed by atoms with E-state index in [9.17, 15) is 0 Å². The topological polar surface area (TPSA) is 60.6 Å². The molecule has 126 valence electrons. The van der Waals surface area contributed by atoms with Crippen LogP contribution in [0.25, 0.3) is 0 Å². The molecule has 3 aromatic rings. The minimum atomic E-state index is 0.317. The highest BCUT2D eigenvalue weighted by Crippen LogP contribution is 2.18. The molecule has 2 aromatic heterocycles. The van der Waals surface area contributed by atoms with Gasteiger partial charge in [0.25, 0.3) is 0 Å². The Balaban J connectivity index is 1.55. The first-order valence-corrected chi connectivity index (χ1v) is 8.39. The van der Waals surface area contributed by atoms with Crippen LogP contribution in [0.5, 0.6) is 0 Å². The molecule has 1 atom stereocenters. The van der Waals surface area contributed by atoms with E-state index in [1.165, 1.54) is 11.1 Å². The lowest BCUT2D eigenvalue weighted by Gasteiger charge is -2.19. The van der Waals surface area contributed by atoms with E-state index in [0.29, 0.717) is 6.04 Å². The summed E-state index contributed by atoms with van der Waals surface area (Å²) in [5.41, 5.74) is 2.61. The maximum Gasteiger partial charge on any atom is 0.137 e. The summed E-state index contributed by atoms with van der Waals surface area (Å²) in [5.74, 6) is 0. The smallest absolute Gasteiger partial charge is 0.137 e. The molecule has 0 aliphatic heterocycles. The predicted octanol–water partition coefficient (Wildman–Crippen LogP) is 2.59. The van der Waals surface area contributed by atoms with Crippen molar-refractivity contribution in [1.29, 1.82) is 0 Å². The highest BCUT2D eigenvalue weighted by atomic mass is 15.3. The highest BCUT2D eigenvalue weighted by Gasteiger charge is 2.11. The molecule has 0 unspecified atom stereocenters. The van der Waals surface area contributed by atoms with Crippen LogP contribution in [0.15, 0.2) is 55.6 Å². The summed E-state index contributed by atoms with van der Waals surface area (Å²) < 4.78 is 3.99. The van der Waals surface area contributed by atoms with Gasteiger partial charge in [0.1, 0.15) is 12.7 Å². The molecule has 2 heterocycles. The zero-order valence-corrected chi connectivity index (χ0v) is 14.0. The quantitative estimate of drug-likeness (QED) is 0.615. The van der Waals surface area contributed by atoms with Crippen LogP contribution in [0.3, 0.4) is 0 Å². The molecule has 0 aliphatic rings. The predicted molar refractivity (Wildman–Crippen MR) is 93.4 cm³/mol. The number of aromatic nitrogens is 5. The standard InChI is InChI=1S/C18H24N6/c1-16-3-5-17(6-4-16)18(7-11-24-15-20-13-22-24)21-8-2-10-23-12-9-19-14-23/h3-6,9,12-15,18,21H,2,7-8,10-11H2,1H3/t18-/m0/s1. The second-order valence-corrected chi connectivity index (χ2v) is 6.02. The van der Waals surface area contributed by atoms with Crippen molar-refractivity contribution in [1.82, 2.24) is 29.6 Å². The fraction of sp³-hybridized carbons (Fsp3) is 0.389. The first kappa shape index (κ1) is 16.4. The van der Waals surface area contributed by atoms with Crippen LogP contribution < -0.4 is 5.32 Å². The zero-order chi connectivity index (χ0) is 16.6. The molecule has 0 fully saturated rings. The van der Waals surface area contributed by atoms with Gasteiger partial charge >= 0.3 is 0 Å². The molecule has 6 nitrogen and oxygen atoms in total. The number of hydrogen-bond acceptors (Lipinski definition) is 4. The summed E-state index contributed by atoms with van der Waals surface area (Å²) in [6, 6.07) is 9.09. The lowest BCUT2D eigenvalue weighted by molar-refractivity contribution is 0.436. The molecular weight excluding hydrogens is 300 g/mol. The van der Waals surface area contributed by atoms with Gasteiger partial charge in [-0.2, -0.15) is 5.10 Å². The second kappa shape index (κ2) is 8.40. The number of aryl methyl sites for hydroxylation is 3. The first-order chi connectivity index (χ1) is 11.8. The van der Waals surface area contributed by atoms with E-state index < -0.39 is 0 Å². The van der Waals surface area contributed by atoms with Crippen molar-refractivity contribution >= 4 is 0 Å². The van der Waals surface area contributed by atoms with Crippen molar-refractivity contribution in [2.45, 2.75) is 38.9 Å². The fourth-order valence-corrected chi connectivity index (χ4v) is 2.75. The second-order valence-electron chi connectivity index (χ2n) is 6.02. The summed E-state index contributed by atoms with van der Waals surface area (Å²) in [5, 5.41) is 7.88. The van der Waals surface area contributed by atoms with Crippen molar-refractivity contribution in [2.75, 3.05) is 6.54 Å². The van der Waals surface area contributed by atoms with Gasteiger partial charge in [0.15, 0.2) is 0 Å². The van der Waals surface area contributed by atoms with E-state index in [1.54, 1.807) is 12.7 Å². The van der Waals surface area contributed by atoms with Gasteiger partial charge in [-0.1, -0.05) is 29.8 Å². The Kier molecular flexibility index (Phi) is 5.74. The zero-order valence-electron chi connectivity index (χ0n) is 14.0. The van der Waals surface area contributed by atoms with E-state index in [2.05, 4.69) is 56.1 Å². The minimum Gasteiger partial charge on any atom is -0.337 e. The van der Waals surface area contributed by atoms with Gasteiger partial charge in [0, 0.05) is 31.5 Å². The Hall–Kier alpha value is -2.47. The molecule has 6 heteroatoms. The van der Waals surface area contributed by atoms with Crippen LogP contribution in [0.1, 0.15) is 30.0 Å². The van der Waals surface area contributed by atoms with Gasteiger partial charge in [0.05, 0.1) is 6.33 Å². The van der Waals surface area contributed by atoms with Crippen LogP contribution >= 0.6 is 0 Å². The average Bonchev–Trinajstić information content (AvgIpc) is 3.29. The van der Waals surface area contributed by atoms with Crippen LogP contribution in [-0.2, 0) is 13.1 Å². The van der Waals surface area contributed by atoms with Gasteiger partial charge < -0.3 is 9.88 Å². The maximum absolute atomic E-state index is 4.19. The Labute approximate surface area is 142 Å². The largest absolute Gasteiger partial charge is 0.337 e. The monoisotopic (exact) mass is 324 g/mol. The van der Waals surface area contributed by atoms with Crippen molar-refractivity contribution in [3.8, 4) is 0 Å². The first-order valence-electron chi connectivity index (χ1n) is 8.39. The van der Waals surface area contributed by atoms with E-state index in [4.69, 9.17) is 0 Å². The number of hydrogen-bond donors (Lipinski definition) is 1. The molecule has 1 N–H and O–H groups in total. The lowest BCUT2D eigenvalue weighted by atomic mass is 10.0.